The van der Waals surface area contributed by atoms with Gasteiger partial charge in [0.05, 0.1) is 18.8 Å². The molecular weight excluding hydrogens is 494 g/mol. The molecule has 1 saturated heterocycles. The smallest absolute Gasteiger partial charge is 0.227 e. The summed E-state index contributed by atoms with van der Waals surface area (Å²) >= 11 is 0. The first-order chi connectivity index (χ1) is 19.0. The molecule has 1 amide bonds. The lowest BCUT2D eigenvalue weighted by Gasteiger charge is -2.44. The molecule has 1 aliphatic rings. The Hall–Kier alpha value is -1.44. The number of rotatable bonds is 24. The number of ether oxygens (including phenoxy) is 3. The zero-order valence-electron chi connectivity index (χ0n) is 25.5. The molecule has 5 atom stereocenters. The molecule has 0 unspecified atom stereocenters. The molecule has 0 aromatic rings. The number of hydrogen-bond acceptors (Lipinski definition) is 6. The molecule has 0 bridgehead atoms. The molecule has 2 N–H and O–H groups in total. The minimum atomic E-state index is -0.900. The van der Waals surface area contributed by atoms with Crippen LogP contribution in [0.1, 0.15) is 143 Å². The Balaban J connectivity index is 2.62. The molecule has 0 aromatic carbocycles. The first-order valence-electron chi connectivity index (χ1n) is 16.0. The van der Waals surface area contributed by atoms with Crippen LogP contribution in [-0.4, -0.2) is 54.0 Å². The Labute approximate surface area is 238 Å². The minimum absolute atomic E-state index is 0.0629. The Morgan fingerprint density at radius 3 is 1.97 bits per heavy atom. The summed E-state index contributed by atoms with van der Waals surface area (Å²) in [4.78, 5) is 25.3. The molecule has 1 rings (SSSR count). The van der Waals surface area contributed by atoms with Gasteiger partial charge in [0.15, 0.2) is 0 Å². The molecule has 1 aliphatic heterocycles. The van der Waals surface area contributed by atoms with E-state index in [1.807, 2.05) is 13.8 Å². The molecule has 39 heavy (non-hydrogen) atoms. The average molecular weight is 554 g/mol. The second-order valence-electron chi connectivity index (χ2n) is 11.0. The van der Waals surface area contributed by atoms with E-state index in [9.17, 15) is 14.7 Å². The van der Waals surface area contributed by atoms with Crippen LogP contribution in [0.5, 0.6) is 0 Å². The highest BCUT2D eigenvalue weighted by Gasteiger charge is 2.47. The lowest BCUT2D eigenvalue weighted by Crippen LogP contribution is -2.64. The van der Waals surface area contributed by atoms with E-state index in [0.29, 0.717) is 19.4 Å². The third-order valence-corrected chi connectivity index (χ3v) is 7.48. The van der Waals surface area contributed by atoms with Gasteiger partial charge in [-0.3, -0.25) is 9.59 Å². The summed E-state index contributed by atoms with van der Waals surface area (Å²) < 4.78 is 18.0. The molecule has 0 aliphatic carbocycles. The minimum Gasteiger partial charge on any atom is -0.471 e. The Kier molecular flexibility index (Phi) is 21.2. The van der Waals surface area contributed by atoms with Crippen molar-refractivity contribution in [2.75, 3.05) is 6.61 Å². The number of carbonyl (C=O) groups is 2. The Bertz CT molecular complexity index is 655. The van der Waals surface area contributed by atoms with Crippen molar-refractivity contribution in [2.45, 2.75) is 174 Å². The van der Waals surface area contributed by atoms with E-state index >= 15 is 0 Å². The second-order valence-corrected chi connectivity index (χ2v) is 11.0. The van der Waals surface area contributed by atoms with Crippen molar-refractivity contribution in [3.63, 3.8) is 0 Å². The fourth-order valence-corrected chi connectivity index (χ4v) is 5.12. The van der Waals surface area contributed by atoms with Crippen molar-refractivity contribution < 1.29 is 28.9 Å². The van der Waals surface area contributed by atoms with Crippen LogP contribution in [0.15, 0.2) is 12.3 Å². The van der Waals surface area contributed by atoms with Crippen LogP contribution < -0.4 is 5.32 Å². The van der Waals surface area contributed by atoms with Crippen LogP contribution in [0.25, 0.3) is 0 Å². The predicted octanol–water partition coefficient (Wildman–Crippen LogP) is 7.14. The third-order valence-electron chi connectivity index (χ3n) is 7.48. The summed E-state index contributed by atoms with van der Waals surface area (Å²) in [5.41, 5.74) is 0. The van der Waals surface area contributed by atoms with Gasteiger partial charge in [0.25, 0.3) is 0 Å². The first kappa shape index (κ1) is 35.6. The SMILES string of the molecule is C/C=C\O[C@H]1O[C@H](CC)[C@@H](O)[C@H](OCCCCCCCCCC)[C@H]1NC(=O)CC(=O)CCCCCCCCC. The first-order valence-corrected chi connectivity index (χ1v) is 16.0. The maximum absolute atomic E-state index is 12.9. The normalized spacial score (nSPS) is 23.3. The topological polar surface area (TPSA) is 94.1 Å². The van der Waals surface area contributed by atoms with Crippen molar-refractivity contribution in [2.24, 2.45) is 0 Å². The molecular formula is C32H59NO6. The molecule has 0 aromatic heterocycles. The molecule has 1 heterocycles. The maximum atomic E-state index is 12.9. The van der Waals surface area contributed by atoms with Crippen molar-refractivity contribution in [3.8, 4) is 0 Å². The van der Waals surface area contributed by atoms with E-state index in [2.05, 4.69) is 19.2 Å². The Morgan fingerprint density at radius 2 is 1.41 bits per heavy atom. The molecule has 1 fully saturated rings. The van der Waals surface area contributed by atoms with Gasteiger partial charge in [-0.15, -0.1) is 0 Å². The van der Waals surface area contributed by atoms with Crippen LogP contribution in [0.4, 0.5) is 0 Å². The number of carbonyl (C=O) groups excluding carboxylic acids is 2. The number of ketones is 1. The highest BCUT2D eigenvalue weighted by molar-refractivity contribution is 5.98. The van der Waals surface area contributed by atoms with Gasteiger partial charge in [-0.1, -0.05) is 110 Å². The van der Waals surface area contributed by atoms with Gasteiger partial charge in [-0.25, -0.2) is 0 Å². The molecule has 0 radical (unpaired) electrons. The van der Waals surface area contributed by atoms with E-state index in [0.717, 1.165) is 32.1 Å². The number of hydrogen-bond donors (Lipinski definition) is 2. The second kappa shape index (κ2) is 23.3. The quantitative estimate of drug-likeness (QED) is 0.0749. The number of unbranched alkanes of at least 4 members (excludes halogenated alkanes) is 13. The van der Waals surface area contributed by atoms with Crippen molar-refractivity contribution in [3.05, 3.63) is 12.3 Å². The summed E-state index contributed by atoms with van der Waals surface area (Å²) in [6.07, 6.45) is 18.7. The fraction of sp³-hybridized carbons (Fsp3) is 0.875. The van der Waals surface area contributed by atoms with E-state index < -0.39 is 30.6 Å². The maximum Gasteiger partial charge on any atom is 0.227 e. The molecule has 7 heteroatoms. The summed E-state index contributed by atoms with van der Waals surface area (Å²) in [5, 5.41) is 13.9. The molecule has 0 saturated carbocycles. The number of aliphatic hydroxyl groups excluding tert-OH is 1. The molecule has 0 spiro atoms. The summed E-state index contributed by atoms with van der Waals surface area (Å²) in [7, 11) is 0. The number of Topliss-reactive ketones (excluding diaryl/α,β-unsaturated/α-hetero) is 1. The van der Waals surface area contributed by atoms with Gasteiger partial charge in [0, 0.05) is 13.0 Å². The van der Waals surface area contributed by atoms with Gasteiger partial charge >= 0.3 is 0 Å². The van der Waals surface area contributed by atoms with Crippen LogP contribution in [-0.2, 0) is 23.8 Å². The fourth-order valence-electron chi connectivity index (χ4n) is 5.12. The highest BCUT2D eigenvalue weighted by Crippen LogP contribution is 2.27. The standard InChI is InChI=1S/C32H59NO6/c1-5-9-11-13-15-17-19-21-24-37-31-29(32(38-23-7-3)39-27(8-4)30(31)36)33-28(35)25-26(34)22-20-18-16-14-12-10-6-2/h7,23,27,29-32,36H,5-6,8-22,24-25H2,1-4H3,(H,33,35)/b23-7-/t27-,29-,30-,31-,32+/m1/s1. The van der Waals surface area contributed by atoms with Crippen molar-refractivity contribution in [1.29, 1.82) is 0 Å². The molecule has 228 valence electrons. The van der Waals surface area contributed by atoms with Crippen LogP contribution in [0, 0.1) is 0 Å². The number of amides is 1. The number of aliphatic hydroxyl groups is 1. The highest BCUT2D eigenvalue weighted by atomic mass is 16.7. The predicted molar refractivity (Wildman–Crippen MR) is 157 cm³/mol. The largest absolute Gasteiger partial charge is 0.471 e. The molecule has 7 nitrogen and oxygen atoms in total. The third kappa shape index (κ3) is 15.8. The average Bonchev–Trinajstić information content (AvgIpc) is 2.92. The summed E-state index contributed by atoms with van der Waals surface area (Å²) in [6.45, 7) is 8.70. The Morgan fingerprint density at radius 1 is 0.846 bits per heavy atom. The van der Waals surface area contributed by atoms with E-state index in [1.54, 1.807) is 6.08 Å². The number of nitrogens with one attached hydrogen (secondary N) is 1. The van der Waals surface area contributed by atoms with E-state index in [4.69, 9.17) is 14.2 Å². The van der Waals surface area contributed by atoms with Gasteiger partial charge in [0.2, 0.25) is 12.2 Å². The van der Waals surface area contributed by atoms with E-state index in [1.165, 1.54) is 70.5 Å². The summed E-state index contributed by atoms with van der Waals surface area (Å²) in [5.74, 6) is -0.444. The van der Waals surface area contributed by atoms with Crippen LogP contribution >= 0.6 is 0 Å². The summed E-state index contributed by atoms with van der Waals surface area (Å²) in [6, 6.07) is -0.716. The van der Waals surface area contributed by atoms with Gasteiger partial charge < -0.3 is 24.6 Å². The number of allylic oxidation sites excluding steroid dienone is 1. The van der Waals surface area contributed by atoms with Crippen molar-refractivity contribution >= 4 is 11.7 Å². The monoisotopic (exact) mass is 553 g/mol. The van der Waals surface area contributed by atoms with Gasteiger partial charge in [-0.05, 0) is 26.2 Å². The van der Waals surface area contributed by atoms with Gasteiger partial charge in [-0.2, -0.15) is 0 Å². The lowest BCUT2D eigenvalue weighted by atomic mass is 9.94. The zero-order chi connectivity index (χ0) is 28.7. The zero-order valence-corrected chi connectivity index (χ0v) is 25.5. The lowest BCUT2D eigenvalue weighted by molar-refractivity contribution is -0.258. The van der Waals surface area contributed by atoms with Crippen molar-refractivity contribution in [1.82, 2.24) is 5.32 Å². The van der Waals surface area contributed by atoms with Crippen LogP contribution in [0.2, 0.25) is 0 Å². The van der Waals surface area contributed by atoms with Gasteiger partial charge in [0.1, 0.15) is 24.0 Å². The van der Waals surface area contributed by atoms with E-state index in [-0.39, 0.29) is 18.1 Å². The van der Waals surface area contributed by atoms with Crippen LogP contribution in [0.3, 0.4) is 0 Å².